The lowest BCUT2D eigenvalue weighted by Gasteiger charge is -2.34. The molecule has 0 radical (unpaired) electrons. The van der Waals surface area contributed by atoms with E-state index in [4.69, 9.17) is 22.7 Å². The fourth-order valence-electron chi connectivity index (χ4n) is 18.1. The van der Waals surface area contributed by atoms with Crippen LogP contribution in [0.25, 0.3) is 126 Å². The minimum Gasteiger partial charge on any atom is -0.454 e. The van der Waals surface area contributed by atoms with E-state index in [0.717, 1.165) is 194 Å². The molecule has 0 bridgehead atoms. The Morgan fingerprint density at radius 3 is 1.15 bits per heavy atom. The molecule has 21 rings (SSSR count). The van der Waals surface area contributed by atoms with Gasteiger partial charge in [-0.05, 0) is 163 Å². The second-order valence-electron chi connectivity index (χ2n) is 32.1. The Balaban J connectivity index is 0.848. The average Bonchev–Trinajstić information content (AvgIpc) is 1.43. The van der Waals surface area contributed by atoms with Crippen molar-refractivity contribution in [2.24, 2.45) is 4.99 Å². The highest BCUT2D eigenvalue weighted by molar-refractivity contribution is 6.28. The Morgan fingerprint density at radius 1 is 0.325 bits per heavy atom. The van der Waals surface area contributed by atoms with E-state index in [-0.39, 0.29) is 5.41 Å². The van der Waals surface area contributed by atoms with Crippen LogP contribution in [0.15, 0.2) is 369 Å². The van der Waals surface area contributed by atoms with E-state index < -0.39 is 5.41 Å². The lowest BCUT2D eigenvalue weighted by Crippen LogP contribution is -2.21. The number of fused-ring (bicyclic) bond motifs is 14. The van der Waals surface area contributed by atoms with E-state index in [1.54, 1.807) is 6.20 Å². The third-order valence-electron chi connectivity index (χ3n) is 23.5. The number of para-hydroxylation sites is 10. The molecule has 21 aromatic rings. The van der Waals surface area contributed by atoms with Gasteiger partial charge < -0.3 is 37.3 Å². The number of hydrogen-bond donors (Lipinski definition) is 0. The molecule has 0 amide bonds. The van der Waals surface area contributed by atoms with Crippen LogP contribution in [-0.2, 0) is 17.3 Å². The monoisotopic (exact) mass is 1510 g/mol. The molecule has 10 nitrogen and oxygen atoms in total. The first-order chi connectivity index (χ1) is 57.4. The zero-order valence-corrected chi connectivity index (χ0v) is 65.7. The van der Waals surface area contributed by atoms with Crippen molar-refractivity contribution < 1.29 is 17.7 Å². The molecule has 0 atom stereocenters. The number of allylic oxidation sites excluding steroid dienone is 1. The van der Waals surface area contributed by atoms with Crippen molar-refractivity contribution in [3.63, 3.8) is 0 Å². The van der Waals surface area contributed by atoms with Crippen LogP contribution in [0.5, 0.6) is 0 Å². The normalized spacial score (nSPS) is 12.2. The second-order valence-corrected chi connectivity index (χ2v) is 32.1. The van der Waals surface area contributed by atoms with Crippen molar-refractivity contribution in [1.82, 2.24) is 4.98 Å². The van der Waals surface area contributed by atoms with E-state index in [9.17, 15) is 0 Å². The predicted molar refractivity (Wildman–Crippen MR) is 490 cm³/mol. The molecule has 0 saturated heterocycles. The Kier molecular flexibility index (Phi) is 16.7. The largest absolute Gasteiger partial charge is 0.454 e. The highest BCUT2D eigenvalue weighted by Gasteiger charge is 2.35. The molecule has 16 aromatic carbocycles. The third-order valence-corrected chi connectivity index (χ3v) is 23.5. The lowest BCUT2D eigenvalue weighted by atomic mass is 9.77. The minimum atomic E-state index is -0.559. The van der Waals surface area contributed by atoms with Gasteiger partial charge in [-0.15, -0.1) is 0 Å². The molecule has 0 fully saturated rings. The summed E-state index contributed by atoms with van der Waals surface area (Å²) in [5, 5.41) is 15.3. The molecule has 10 heteroatoms. The zero-order valence-electron chi connectivity index (χ0n) is 65.7. The highest BCUT2D eigenvalue weighted by Crippen LogP contribution is 2.58. The fourth-order valence-corrected chi connectivity index (χ4v) is 18.1. The van der Waals surface area contributed by atoms with Crippen LogP contribution in [0.2, 0.25) is 0 Å². The van der Waals surface area contributed by atoms with E-state index in [1.165, 1.54) is 5.56 Å². The maximum Gasteiger partial charge on any atom is 0.227 e. The molecule has 0 saturated carbocycles. The van der Waals surface area contributed by atoms with Crippen LogP contribution < -0.4 is 19.6 Å². The number of benzene rings is 16. The number of anilines is 12. The number of aliphatic imine (C=N–C) groups is 1. The van der Waals surface area contributed by atoms with Crippen molar-refractivity contribution in [1.29, 1.82) is 0 Å². The summed E-state index contributed by atoms with van der Waals surface area (Å²) in [6.07, 6.45) is 6.50. The van der Waals surface area contributed by atoms with E-state index in [2.05, 4.69) is 400 Å². The van der Waals surface area contributed by atoms with Crippen LogP contribution in [-0.4, -0.2) is 11.7 Å². The van der Waals surface area contributed by atoms with E-state index >= 15 is 0 Å². The van der Waals surface area contributed by atoms with Gasteiger partial charge in [0.25, 0.3) is 0 Å². The molecule has 5 heterocycles. The molecule has 0 unspecified atom stereocenters. The lowest BCUT2D eigenvalue weighted by molar-refractivity contribution is 0.523. The smallest absolute Gasteiger partial charge is 0.227 e. The van der Waals surface area contributed by atoms with Gasteiger partial charge in [-0.1, -0.05) is 265 Å². The molecule has 0 aliphatic heterocycles. The van der Waals surface area contributed by atoms with Crippen LogP contribution in [0.1, 0.15) is 63.8 Å². The number of aromatic nitrogens is 1. The summed E-state index contributed by atoms with van der Waals surface area (Å²) in [7, 11) is 0. The first-order valence-electron chi connectivity index (χ1n) is 40.0. The van der Waals surface area contributed by atoms with Crippen molar-refractivity contribution in [3.8, 4) is 0 Å². The van der Waals surface area contributed by atoms with Crippen molar-refractivity contribution >= 4 is 207 Å². The van der Waals surface area contributed by atoms with Gasteiger partial charge in [0, 0.05) is 115 Å². The van der Waals surface area contributed by atoms with Crippen LogP contribution >= 0.6 is 0 Å². The van der Waals surface area contributed by atoms with Crippen LogP contribution in [0, 0.1) is 0 Å². The number of nitrogens with zero attached hydrogens (tertiary/aromatic N) is 6. The van der Waals surface area contributed by atoms with Gasteiger partial charge >= 0.3 is 0 Å². The number of rotatable bonds is 17. The van der Waals surface area contributed by atoms with Crippen LogP contribution in [0.3, 0.4) is 0 Å². The third kappa shape index (κ3) is 11.5. The van der Waals surface area contributed by atoms with Gasteiger partial charge in [0.2, 0.25) is 11.6 Å². The van der Waals surface area contributed by atoms with Crippen molar-refractivity contribution in [2.45, 2.75) is 58.8 Å². The zero-order chi connectivity index (χ0) is 78.8. The van der Waals surface area contributed by atoms with Crippen molar-refractivity contribution in [3.05, 3.63) is 368 Å². The maximum absolute atomic E-state index is 7.16. The summed E-state index contributed by atoms with van der Waals surface area (Å²) in [6.45, 7) is 17.8. The minimum absolute atomic E-state index is 0.234. The molecule has 562 valence electrons. The Labute approximate surface area is 676 Å². The number of pyridine rings is 1. The number of furan rings is 4. The van der Waals surface area contributed by atoms with Crippen molar-refractivity contribution in [2.75, 3.05) is 19.6 Å². The summed E-state index contributed by atoms with van der Waals surface area (Å²) in [6, 6.07) is 120. The summed E-state index contributed by atoms with van der Waals surface area (Å²) < 4.78 is 28.2. The van der Waals surface area contributed by atoms with Gasteiger partial charge in [0.15, 0.2) is 22.3 Å². The molecular weight excluding hydrogens is 1430 g/mol. The summed E-state index contributed by atoms with van der Waals surface area (Å²) >= 11 is 0. The molecule has 117 heavy (non-hydrogen) atoms. The van der Waals surface area contributed by atoms with E-state index in [0.29, 0.717) is 23.6 Å². The van der Waals surface area contributed by atoms with Gasteiger partial charge in [-0.2, -0.15) is 0 Å². The first-order valence-corrected chi connectivity index (χ1v) is 40.0. The SMILES string of the molecule is C=Nc1oc2c(N(c3ccccc3)c3c4ccccc4c(N(c4ccccc4)c4cccc5c4oc4ncccc45)c4ccc(CC(C)(C)c5ccc6c(N(c7ccccc7)c7cccc8c7oc7ccccc78)c7cc(C(C)(C)C)ccc7c(N(c7ccccc7)c7cccc8c7oc7ccccc78)c6c5)cc34)cccc2c1/C=C\C. The predicted octanol–water partition coefficient (Wildman–Crippen LogP) is 31.2. The average molecular weight is 1510 g/mol. The van der Waals surface area contributed by atoms with E-state index in [1.807, 2.05) is 19.1 Å². The maximum atomic E-state index is 7.16. The van der Waals surface area contributed by atoms with Gasteiger partial charge in [0.05, 0.1) is 45.5 Å². The Morgan fingerprint density at radius 2 is 0.684 bits per heavy atom. The quantitative estimate of drug-likeness (QED) is 0.0502. The molecular formula is C107H80N6O4. The van der Waals surface area contributed by atoms with Crippen LogP contribution in [0.4, 0.5) is 74.1 Å². The Bertz CT molecular complexity index is 7560. The summed E-state index contributed by atoms with van der Waals surface area (Å²) in [4.78, 5) is 19.0. The Hall–Kier alpha value is -14.7. The topological polar surface area (TPSA) is 90.8 Å². The molecule has 0 aliphatic carbocycles. The number of hydrogen-bond acceptors (Lipinski definition) is 10. The molecule has 0 spiro atoms. The standard InChI is InChI=1S/C107H80N6O4/c1-8-32-85-83-47-29-52-92(102(83)116-104(85)108-7)113(73-39-19-12-20-40-73)97-77-44-22-21-43-76(77)96(110(70-33-13-9-14-34-70)93-53-30-48-84-86-49-31-62-109-105(86)117-103(84)93)78-59-56-67(63-87(78)97)66-107(5,6)69-58-61-80-89(65-69)99(112(72-37-17-11-18-38-72)91-51-28-46-82-75-42-24-26-55-95(75)115-101(82)91)79-60-57-68(106(2,3)4)64-88(79)98(80)111(71-35-15-10-16-36-71)90-50-27-45-81-74-41-23-25-54-94(74)114-100(81)90/h8-65H,7,66H2,1-6H3/b32-8-. The highest BCUT2D eigenvalue weighted by atomic mass is 16.4. The van der Waals surface area contributed by atoms with Gasteiger partial charge in [0.1, 0.15) is 11.2 Å². The van der Waals surface area contributed by atoms with Gasteiger partial charge in [-0.25, -0.2) is 9.98 Å². The fraction of sp³-hybridized carbons (Fsp3) is 0.0841. The molecule has 0 aliphatic rings. The molecule has 5 aromatic heterocycles. The summed E-state index contributed by atoms with van der Waals surface area (Å²) in [5.41, 5.74) is 20.3. The molecule has 0 N–H and O–H groups in total. The first kappa shape index (κ1) is 70.1. The second kappa shape index (κ2) is 27.8. The van der Waals surface area contributed by atoms with Gasteiger partial charge in [-0.3, -0.25) is 0 Å². The summed E-state index contributed by atoms with van der Waals surface area (Å²) in [5.74, 6) is 0.455.